The largest absolute Gasteiger partial charge is 0.293 e. The summed E-state index contributed by atoms with van der Waals surface area (Å²) < 4.78 is 26.2. The van der Waals surface area contributed by atoms with Crippen LogP contribution in [0.25, 0.3) is 11.1 Å². The van der Waals surface area contributed by atoms with E-state index in [4.69, 9.17) is 0 Å². The normalized spacial score (nSPS) is 11.9. The van der Waals surface area contributed by atoms with Gasteiger partial charge in [-0.2, -0.15) is 0 Å². The molecule has 0 aromatic heterocycles. The summed E-state index contributed by atoms with van der Waals surface area (Å²) in [5.74, 6) is -1.62. The Hall–Kier alpha value is -2.46. The van der Waals surface area contributed by atoms with Gasteiger partial charge in [-0.15, -0.1) is 11.8 Å². The zero-order chi connectivity index (χ0) is 17.4. The van der Waals surface area contributed by atoms with E-state index in [1.807, 2.05) is 30.3 Å². The van der Waals surface area contributed by atoms with E-state index in [-0.39, 0.29) is 11.5 Å². The molecule has 0 radical (unpaired) electrons. The third-order valence-electron chi connectivity index (χ3n) is 4.38. The number of thioether (sulfide) groups is 1. The Labute approximate surface area is 148 Å². The fourth-order valence-electron chi connectivity index (χ4n) is 3.10. The quantitative estimate of drug-likeness (QED) is 0.356. The van der Waals surface area contributed by atoms with Crippen molar-refractivity contribution in [3.63, 3.8) is 0 Å². The molecule has 0 saturated carbocycles. The maximum absolute atomic E-state index is 13.2. The van der Waals surface area contributed by atoms with E-state index in [1.54, 1.807) is 0 Å². The van der Waals surface area contributed by atoms with Gasteiger partial charge in [0.2, 0.25) is 0 Å². The lowest BCUT2D eigenvalue weighted by molar-refractivity contribution is 0.102. The number of hydrogen-bond donors (Lipinski definition) is 0. The van der Waals surface area contributed by atoms with Crippen LogP contribution < -0.4 is 0 Å². The van der Waals surface area contributed by atoms with Crippen molar-refractivity contribution in [2.24, 2.45) is 0 Å². The molecule has 0 heterocycles. The minimum Gasteiger partial charge on any atom is -0.293 e. The van der Waals surface area contributed by atoms with Crippen molar-refractivity contribution in [2.45, 2.75) is 11.3 Å². The van der Waals surface area contributed by atoms with Gasteiger partial charge in [0.1, 0.15) is 0 Å². The van der Waals surface area contributed by atoms with E-state index >= 15 is 0 Å². The van der Waals surface area contributed by atoms with Crippen LogP contribution in [-0.4, -0.2) is 11.5 Å². The van der Waals surface area contributed by atoms with Crippen molar-refractivity contribution in [1.82, 2.24) is 0 Å². The number of carbonyl (C=O) groups excluding carboxylic acids is 1. The highest BCUT2D eigenvalue weighted by atomic mass is 32.2. The molecule has 0 aliphatic heterocycles. The molecule has 4 rings (SSSR count). The molecule has 124 valence electrons. The van der Waals surface area contributed by atoms with Crippen LogP contribution >= 0.6 is 11.8 Å². The number of fused-ring (bicyclic) bond motifs is 3. The van der Waals surface area contributed by atoms with Gasteiger partial charge >= 0.3 is 0 Å². The zero-order valence-electron chi connectivity index (χ0n) is 13.3. The van der Waals surface area contributed by atoms with E-state index in [0.29, 0.717) is 10.5 Å². The number of rotatable bonds is 4. The van der Waals surface area contributed by atoms with Crippen molar-refractivity contribution in [3.8, 4) is 11.1 Å². The van der Waals surface area contributed by atoms with Crippen molar-refractivity contribution < 1.29 is 13.6 Å². The molecular weight excluding hydrogens is 338 g/mol. The molecule has 0 saturated heterocycles. The molecule has 0 atom stereocenters. The molecule has 0 bridgehead atoms. The molecule has 4 heteroatoms. The van der Waals surface area contributed by atoms with E-state index in [0.717, 1.165) is 24.1 Å². The minimum absolute atomic E-state index is 0.0260. The first kappa shape index (κ1) is 16.0. The summed E-state index contributed by atoms with van der Waals surface area (Å²) in [7, 11) is 0. The Morgan fingerprint density at radius 2 is 1.68 bits per heavy atom. The second-order valence-corrected chi connectivity index (χ2v) is 7.04. The third kappa shape index (κ3) is 3.10. The third-order valence-corrected chi connectivity index (χ3v) is 5.38. The standard InChI is InChI=1S/C21H14F2OS/c22-19-8-7-16(11-20(19)23)25-12-21(24)15-6-5-14-9-13-3-1-2-4-17(13)18(14)10-15/h1-8,10-11H,9,12H2. The molecule has 25 heavy (non-hydrogen) atoms. The van der Waals surface area contributed by atoms with Gasteiger partial charge in [0.15, 0.2) is 17.4 Å². The molecule has 0 fully saturated rings. The van der Waals surface area contributed by atoms with Crippen LogP contribution in [-0.2, 0) is 6.42 Å². The second kappa shape index (κ2) is 6.45. The summed E-state index contributed by atoms with van der Waals surface area (Å²) in [5.41, 5.74) is 5.44. The minimum atomic E-state index is -0.897. The topological polar surface area (TPSA) is 17.1 Å². The zero-order valence-corrected chi connectivity index (χ0v) is 14.1. The molecule has 1 nitrogen and oxygen atoms in total. The van der Waals surface area contributed by atoms with Crippen LogP contribution in [0, 0.1) is 11.6 Å². The summed E-state index contributed by atoms with van der Waals surface area (Å²) in [4.78, 5) is 13.0. The van der Waals surface area contributed by atoms with Gasteiger partial charge in [-0.05, 0) is 52.9 Å². The van der Waals surface area contributed by atoms with Crippen LogP contribution in [0.4, 0.5) is 8.78 Å². The van der Waals surface area contributed by atoms with E-state index < -0.39 is 11.6 Å². The fourth-order valence-corrected chi connectivity index (χ4v) is 3.91. The Morgan fingerprint density at radius 3 is 2.52 bits per heavy atom. The van der Waals surface area contributed by atoms with Gasteiger partial charge in [0.25, 0.3) is 0 Å². The van der Waals surface area contributed by atoms with Gasteiger partial charge in [-0.1, -0.05) is 36.4 Å². The summed E-state index contributed by atoms with van der Waals surface area (Å²) in [5, 5.41) is 0. The summed E-state index contributed by atoms with van der Waals surface area (Å²) in [6, 6.07) is 17.7. The predicted molar refractivity (Wildman–Crippen MR) is 96.1 cm³/mol. The van der Waals surface area contributed by atoms with Gasteiger partial charge in [0, 0.05) is 10.5 Å². The smallest absolute Gasteiger partial charge is 0.173 e. The number of hydrogen-bond acceptors (Lipinski definition) is 2. The van der Waals surface area contributed by atoms with Gasteiger partial charge in [-0.25, -0.2) is 8.78 Å². The molecule has 0 unspecified atom stereocenters. The van der Waals surface area contributed by atoms with Crippen molar-refractivity contribution in [2.75, 3.05) is 5.75 Å². The molecular formula is C21H14F2OS. The van der Waals surface area contributed by atoms with Gasteiger partial charge < -0.3 is 0 Å². The highest BCUT2D eigenvalue weighted by Crippen LogP contribution is 2.37. The average Bonchev–Trinajstić information content (AvgIpc) is 3.00. The van der Waals surface area contributed by atoms with Crippen molar-refractivity contribution >= 4 is 17.5 Å². The summed E-state index contributed by atoms with van der Waals surface area (Å²) in [6.45, 7) is 0. The molecule has 3 aromatic carbocycles. The first-order chi connectivity index (χ1) is 12.1. The first-order valence-electron chi connectivity index (χ1n) is 7.94. The first-order valence-corrected chi connectivity index (χ1v) is 8.92. The number of Topliss-reactive ketones (excluding diaryl/α,β-unsaturated/α-hetero) is 1. The van der Waals surface area contributed by atoms with Crippen molar-refractivity contribution in [3.05, 3.63) is 89.0 Å². The lowest BCUT2D eigenvalue weighted by atomic mass is 10.0. The highest BCUT2D eigenvalue weighted by Gasteiger charge is 2.19. The molecule has 0 spiro atoms. The SMILES string of the molecule is O=C(CSc1ccc(F)c(F)c1)c1ccc2c(c1)-c1ccccc1C2. The molecule has 3 aromatic rings. The molecule has 0 amide bonds. The predicted octanol–water partition coefficient (Wildman–Crippen LogP) is 5.51. The van der Waals surface area contributed by atoms with Crippen LogP contribution in [0.2, 0.25) is 0 Å². The van der Waals surface area contributed by atoms with Crippen LogP contribution in [0.3, 0.4) is 0 Å². The lowest BCUT2D eigenvalue weighted by Gasteiger charge is -2.06. The van der Waals surface area contributed by atoms with E-state index in [1.165, 1.54) is 34.5 Å². The maximum Gasteiger partial charge on any atom is 0.173 e. The average molecular weight is 352 g/mol. The summed E-state index contributed by atoms with van der Waals surface area (Å²) >= 11 is 1.21. The van der Waals surface area contributed by atoms with Crippen molar-refractivity contribution in [1.29, 1.82) is 0 Å². The number of benzene rings is 3. The van der Waals surface area contributed by atoms with E-state index in [9.17, 15) is 13.6 Å². The number of halogens is 2. The highest BCUT2D eigenvalue weighted by molar-refractivity contribution is 8.00. The molecule has 0 N–H and O–H groups in total. The Bertz CT molecular complexity index is 981. The van der Waals surface area contributed by atoms with Crippen LogP contribution in [0.5, 0.6) is 0 Å². The van der Waals surface area contributed by atoms with E-state index in [2.05, 4.69) is 12.1 Å². The Balaban J connectivity index is 1.53. The molecule has 1 aliphatic carbocycles. The fraction of sp³-hybridized carbons (Fsp3) is 0.0952. The molecule has 1 aliphatic rings. The van der Waals surface area contributed by atoms with Gasteiger partial charge in [-0.3, -0.25) is 4.79 Å². The monoisotopic (exact) mass is 352 g/mol. The number of carbonyl (C=O) groups is 1. The maximum atomic E-state index is 13.2. The van der Waals surface area contributed by atoms with Gasteiger partial charge in [0.05, 0.1) is 5.75 Å². The van der Waals surface area contributed by atoms with Crippen LogP contribution in [0.15, 0.2) is 65.6 Å². The Kier molecular flexibility index (Phi) is 4.14. The second-order valence-electron chi connectivity index (χ2n) is 5.99. The summed E-state index contributed by atoms with van der Waals surface area (Å²) in [6.07, 6.45) is 0.892. The Morgan fingerprint density at radius 1 is 0.880 bits per heavy atom. The van der Waals surface area contributed by atoms with Crippen LogP contribution in [0.1, 0.15) is 21.5 Å². The number of ketones is 1. The lowest BCUT2D eigenvalue weighted by Crippen LogP contribution is -2.03.